The van der Waals surface area contributed by atoms with Crippen LogP contribution in [0.5, 0.6) is 0 Å². The number of unbranched alkanes of at least 4 members (excludes halogenated alkanes) is 10. The second-order valence-electron chi connectivity index (χ2n) is 8.01. The molecule has 0 unspecified atom stereocenters. The van der Waals surface area contributed by atoms with Crippen molar-refractivity contribution in [1.82, 2.24) is 0 Å². The molecule has 0 N–H and O–H groups in total. The molecule has 0 spiro atoms. The van der Waals surface area contributed by atoms with Gasteiger partial charge in [0.15, 0.2) is 0 Å². The molecular formula is C22H42O4SSn. The number of hydrogen-bond acceptors (Lipinski definition) is 5. The first-order chi connectivity index (χ1) is 13.6. The fraction of sp³-hybridized carbons (Fsp3) is 0.909. The number of hydrogen-bond donors (Lipinski definition) is 0. The van der Waals surface area contributed by atoms with E-state index in [0.29, 0.717) is 12.8 Å². The third kappa shape index (κ3) is 12.6. The van der Waals surface area contributed by atoms with Crippen molar-refractivity contribution < 1.29 is 15.7 Å². The van der Waals surface area contributed by atoms with Gasteiger partial charge in [0.25, 0.3) is 0 Å². The molecule has 1 heterocycles. The summed E-state index contributed by atoms with van der Waals surface area (Å²) in [6, 6.07) is 0. The van der Waals surface area contributed by atoms with Crippen LogP contribution in [0.1, 0.15) is 104 Å². The van der Waals surface area contributed by atoms with Gasteiger partial charge < -0.3 is 0 Å². The van der Waals surface area contributed by atoms with E-state index in [9.17, 15) is 9.59 Å². The van der Waals surface area contributed by atoms with Gasteiger partial charge in [-0.15, -0.1) is 0 Å². The van der Waals surface area contributed by atoms with Crippen molar-refractivity contribution >= 4 is 42.9 Å². The van der Waals surface area contributed by atoms with E-state index in [2.05, 4.69) is 13.8 Å². The zero-order chi connectivity index (χ0) is 20.5. The molecule has 0 amide bonds. The van der Waals surface area contributed by atoms with Gasteiger partial charge in [0, 0.05) is 0 Å². The summed E-state index contributed by atoms with van der Waals surface area (Å²) in [7, 11) is 0. The van der Waals surface area contributed by atoms with Crippen LogP contribution in [-0.2, 0) is 15.7 Å². The van der Waals surface area contributed by atoms with Gasteiger partial charge in [-0.1, -0.05) is 0 Å². The molecule has 6 heteroatoms. The van der Waals surface area contributed by atoms with Crippen LogP contribution in [0.4, 0.5) is 0 Å². The summed E-state index contributed by atoms with van der Waals surface area (Å²) in [5.41, 5.74) is 0. The van der Waals surface area contributed by atoms with E-state index in [1.54, 1.807) is 11.8 Å². The summed E-state index contributed by atoms with van der Waals surface area (Å²) in [5.74, 6) is 1.24. The molecule has 1 aliphatic rings. The molecule has 1 rings (SSSR count). The van der Waals surface area contributed by atoms with E-state index >= 15 is 0 Å². The Kier molecular flexibility index (Phi) is 15.7. The van der Waals surface area contributed by atoms with Gasteiger partial charge in [-0.3, -0.25) is 0 Å². The molecule has 0 aromatic carbocycles. The maximum atomic E-state index is 12.4. The third-order valence-corrected chi connectivity index (χ3v) is 16.1. The Labute approximate surface area is 182 Å². The fourth-order valence-electron chi connectivity index (χ4n) is 3.63. The molecule has 0 aliphatic carbocycles. The van der Waals surface area contributed by atoms with Crippen LogP contribution in [-0.4, -0.2) is 42.6 Å². The van der Waals surface area contributed by atoms with Crippen molar-refractivity contribution in [1.29, 1.82) is 0 Å². The summed E-state index contributed by atoms with van der Waals surface area (Å²) >= 11 is -2.05. The van der Waals surface area contributed by atoms with Crippen molar-refractivity contribution in [3.63, 3.8) is 0 Å². The van der Waals surface area contributed by atoms with Crippen LogP contribution in [0.25, 0.3) is 0 Å². The molecule has 1 saturated heterocycles. The Balaban J connectivity index is 2.64. The Morgan fingerprint density at radius 1 is 0.679 bits per heavy atom. The molecule has 0 aromatic rings. The first-order valence-electron chi connectivity index (χ1n) is 11.6. The zero-order valence-corrected chi connectivity index (χ0v) is 21.9. The number of carbonyl (C=O) groups excluding carboxylic acids is 2. The second kappa shape index (κ2) is 16.8. The quantitative estimate of drug-likeness (QED) is 0.187. The zero-order valence-electron chi connectivity index (χ0n) is 18.3. The van der Waals surface area contributed by atoms with Gasteiger partial charge in [0.2, 0.25) is 0 Å². The van der Waals surface area contributed by atoms with Gasteiger partial charge in [0.05, 0.1) is 0 Å². The average molecular weight is 521 g/mol. The monoisotopic (exact) mass is 522 g/mol. The SMILES string of the molecule is CCCCCCC[CH2][Sn]1([CH2]CCCCCCC)[O]C(=O)CCSCCC(=O)[O]1. The predicted octanol–water partition coefficient (Wildman–Crippen LogP) is 6.76. The van der Waals surface area contributed by atoms with Gasteiger partial charge in [-0.05, 0) is 0 Å². The molecule has 1 aliphatic heterocycles. The van der Waals surface area contributed by atoms with E-state index in [4.69, 9.17) is 6.15 Å². The van der Waals surface area contributed by atoms with E-state index in [1.165, 1.54) is 51.4 Å². The van der Waals surface area contributed by atoms with Crippen LogP contribution in [0.3, 0.4) is 0 Å². The predicted molar refractivity (Wildman–Crippen MR) is 121 cm³/mol. The first-order valence-corrected chi connectivity index (χ1v) is 19.2. The molecule has 0 saturated carbocycles. The second-order valence-corrected chi connectivity index (χ2v) is 18.4. The Hall–Kier alpha value is 0.0887. The summed E-state index contributed by atoms with van der Waals surface area (Å²) in [6.45, 7) is 4.45. The van der Waals surface area contributed by atoms with E-state index in [1.807, 2.05) is 0 Å². The van der Waals surface area contributed by atoms with Crippen LogP contribution < -0.4 is 0 Å². The van der Waals surface area contributed by atoms with Gasteiger partial charge >= 0.3 is 183 Å². The van der Waals surface area contributed by atoms with E-state index < -0.39 is 19.2 Å². The van der Waals surface area contributed by atoms with Gasteiger partial charge in [-0.25, -0.2) is 0 Å². The molecule has 0 aromatic heterocycles. The molecule has 0 bridgehead atoms. The topological polar surface area (TPSA) is 52.6 Å². The minimum absolute atomic E-state index is 0.130. The Morgan fingerprint density at radius 2 is 1.07 bits per heavy atom. The number of thioether (sulfide) groups is 1. The number of rotatable bonds is 14. The molecule has 1 fully saturated rings. The molecule has 164 valence electrons. The van der Waals surface area contributed by atoms with Crippen LogP contribution in [0, 0.1) is 0 Å². The summed E-state index contributed by atoms with van der Waals surface area (Å²) < 4.78 is 13.8. The molecule has 4 nitrogen and oxygen atoms in total. The Morgan fingerprint density at radius 3 is 1.50 bits per heavy atom. The van der Waals surface area contributed by atoms with E-state index in [-0.39, 0.29) is 11.9 Å². The average Bonchev–Trinajstić information content (AvgIpc) is 2.66. The molecule has 28 heavy (non-hydrogen) atoms. The maximum absolute atomic E-state index is 12.4. The summed E-state index contributed by atoms with van der Waals surface area (Å²) in [4.78, 5) is 24.8. The van der Waals surface area contributed by atoms with Crippen LogP contribution in [0.15, 0.2) is 0 Å². The van der Waals surface area contributed by atoms with Crippen molar-refractivity contribution in [2.75, 3.05) is 11.5 Å². The molecule has 0 atom stereocenters. The van der Waals surface area contributed by atoms with Gasteiger partial charge in [-0.2, -0.15) is 0 Å². The van der Waals surface area contributed by atoms with Gasteiger partial charge in [0.1, 0.15) is 0 Å². The first kappa shape index (κ1) is 26.1. The third-order valence-electron chi connectivity index (χ3n) is 5.32. The number of carbonyl (C=O) groups is 2. The van der Waals surface area contributed by atoms with Crippen molar-refractivity contribution in [3.05, 3.63) is 0 Å². The van der Waals surface area contributed by atoms with Crippen molar-refractivity contribution in [3.8, 4) is 0 Å². The fourth-order valence-corrected chi connectivity index (χ4v) is 13.9. The van der Waals surface area contributed by atoms with Crippen LogP contribution >= 0.6 is 11.8 Å². The Bertz CT molecular complexity index is 393. The standard InChI is InChI=1S/2C8H17.C6H10O4S.Sn/c2*1-3-5-7-8-6-4-2;7-5(8)1-3-11-4-2-6(9)10;/h2*1,3-8H2,2H3;1-4H2,(H,7,8)(H,9,10);/q;;;+2/p-2. The normalized spacial score (nSPS) is 17.8. The molecule has 0 radical (unpaired) electrons. The minimum atomic E-state index is -3.69. The summed E-state index contributed by atoms with van der Waals surface area (Å²) in [5, 5.41) is 0. The summed E-state index contributed by atoms with van der Waals surface area (Å²) in [6.07, 6.45) is 15.3. The van der Waals surface area contributed by atoms with Crippen molar-refractivity contribution in [2.24, 2.45) is 0 Å². The van der Waals surface area contributed by atoms with E-state index in [0.717, 1.165) is 46.1 Å². The van der Waals surface area contributed by atoms with Crippen molar-refractivity contribution in [2.45, 2.75) is 113 Å². The molecular weight excluding hydrogens is 479 g/mol. The van der Waals surface area contributed by atoms with Crippen LogP contribution in [0.2, 0.25) is 8.87 Å².